The summed E-state index contributed by atoms with van der Waals surface area (Å²) in [5, 5.41) is 11.8. The highest BCUT2D eigenvalue weighted by Gasteiger charge is 2.14. The number of aromatic carboxylic acids is 1. The lowest BCUT2D eigenvalue weighted by Gasteiger charge is -2.10. The second kappa shape index (κ2) is 6.28. The number of amides is 1. The Morgan fingerprint density at radius 3 is 2.57 bits per heavy atom. The maximum absolute atomic E-state index is 12.2. The fraction of sp³-hybridized carbons (Fsp3) is 0.0667. The van der Waals surface area contributed by atoms with Gasteiger partial charge in [0, 0.05) is 0 Å². The van der Waals surface area contributed by atoms with Gasteiger partial charge in [-0.3, -0.25) is 4.79 Å². The van der Waals surface area contributed by atoms with E-state index in [2.05, 4.69) is 5.32 Å². The molecule has 1 amide bonds. The Balaban J connectivity index is 2.31. The number of carbonyl (C=O) groups is 2. The molecule has 0 aromatic heterocycles. The zero-order valence-electron chi connectivity index (χ0n) is 11.1. The highest BCUT2D eigenvalue weighted by atomic mass is 35.5. The average Bonchev–Trinajstić information content (AvgIpc) is 2.49. The molecule has 2 aromatic rings. The first-order valence-electron chi connectivity index (χ1n) is 6.00. The standard InChI is InChI=1S/C15H12ClNO4/c1-21-13-5-3-2-4-10(13)14(18)17-12-8-9(15(19)20)6-7-11(12)16/h2-8H,1H3,(H,17,18)(H,19,20). The van der Waals surface area contributed by atoms with E-state index in [0.717, 1.165) is 0 Å². The van der Waals surface area contributed by atoms with Crippen LogP contribution in [0.25, 0.3) is 0 Å². The Labute approximate surface area is 126 Å². The monoisotopic (exact) mass is 305 g/mol. The lowest BCUT2D eigenvalue weighted by molar-refractivity contribution is 0.0696. The number of benzene rings is 2. The minimum atomic E-state index is -1.10. The third kappa shape index (κ3) is 3.32. The Hall–Kier alpha value is -2.53. The Bertz CT molecular complexity index is 700. The molecule has 0 unspecified atom stereocenters. The van der Waals surface area contributed by atoms with Crippen molar-refractivity contribution in [1.29, 1.82) is 0 Å². The molecule has 2 aromatic carbocycles. The molecule has 0 radical (unpaired) electrons. The van der Waals surface area contributed by atoms with Gasteiger partial charge in [-0.1, -0.05) is 23.7 Å². The number of carboxylic acid groups (broad SMARTS) is 1. The van der Waals surface area contributed by atoms with Crippen LogP contribution in [-0.2, 0) is 0 Å². The van der Waals surface area contributed by atoms with E-state index in [9.17, 15) is 9.59 Å². The molecule has 108 valence electrons. The molecule has 6 heteroatoms. The van der Waals surface area contributed by atoms with E-state index in [4.69, 9.17) is 21.4 Å². The van der Waals surface area contributed by atoms with Crippen LogP contribution in [0.15, 0.2) is 42.5 Å². The molecular weight excluding hydrogens is 294 g/mol. The summed E-state index contributed by atoms with van der Waals surface area (Å²) < 4.78 is 5.11. The molecule has 0 saturated heterocycles. The van der Waals surface area contributed by atoms with Crippen molar-refractivity contribution in [2.24, 2.45) is 0 Å². The topological polar surface area (TPSA) is 75.6 Å². The molecule has 0 atom stereocenters. The molecular formula is C15H12ClNO4. The van der Waals surface area contributed by atoms with Crippen LogP contribution in [0.3, 0.4) is 0 Å². The number of carbonyl (C=O) groups excluding carboxylic acids is 1. The van der Waals surface area contributed by atoms with E-state index in [0.29, 0.717) is 11.3 Å². The predicted octanol–water partition coefficient (Wildman–Crippen LogP) is 3.30. The number of ether oxygens (including phenoxy) is 1. The third-order valence-corrected chi connectivity index (χ3v) is 3.14. The minimum Gasteiger partial charge on any atom is -0.496 e. The summed E-state index contributed by atoms with van der Waals surface area (Å²) in [7, 11) is 1.46. The van der Waals surface area contributed by atoms with Gasteiger partial charge in [0.1, 0.15) is 5.75 Å². The lowest BCUT2D eigenvalue weighted by atomic mass is 10.1. The molecule has 0 aliphatic rings. The maximum atomic E-state index is 12.2. The van der Waals surface area contributed by atoms with Crippen LogP contribution in [0.4, 0.5) is 5.69 Å². The number of rotatable bonds is 4. The molecule has 0 aliphatic heterocycles. The van der Waals surface area contributed by atoms with E-state index < -0.39 is 11.9 Å². The van der Waals surface area contributed by atoms with Crippen LogP contribution >= 0.6 is 11.6 Å². The normalized spacial score (nSPS) is 10.0. The molecule has 0 spiro atoms. The summed E-state index contributed by atoms with van der Waals surface area (Å²) in [6, 6.07) is 10.8. The van der Waals surface area contributed by atoms with Gasteiger partial charge in [-0.05, 0) is 30.3 Å². The van der Waals surface area contributed by atoms with Gasteiger partial charge in [0.25, 0.3) is 5.91 Å². The van der Waals surface area contributed by atoms with Crippen molar-refractivity contribution >= 4 is 29.2 Å². The molecule has 0 aliphatic carbocycles. The van der Waals surface area contributed by atoms with Crippen molar-refractivity contribution < 1.29 is 19.4 Å². The van der Waals surface area contributed by atoms with Gasteiger partial charge in [0.05, 0.1) is 28.9 Å². The summed E-state index contributed by atoms with van der Waals surface area (Å²) in [6.07, 6.45) is 0. The number of methoxy groups -OCH3 is 1. The maximum Gasteiger partial charge on any atom is 0.335 e. The average molecular weight is 306 g/mol. The van der Waals surface area contributed by atoms with Crippen molar-refractivity contribution in [2.45, 2.75) is 0 Å². The highest BCUT2D eigenvalue weighted by Crippen LogP contribution is 2.25. The zero-order chi connectivity index (χ0) is 15.4. The van der Waals surface area contributed by atoms with Gasteiger partial charge in [-0.25, -0.2) is 4.79 Å². The number of halogens is 1. The molecule has 2 N–H and O–H groups in total. The number of carboxylic acids is 1. The Morgan fingerprint density at radius 2 is 1.90 bits per heavy atom. The van der Waals surface area contributed by atoms with Gasteiger partial charge in [-0.2, -0.15) is 0 Å². The fourth-order valence-corrected chi connectivity index (χ4v) is 1.94. The molecule has 0 fully saturated rings. The summed E-state index contributed by atoms with van der Waals surface area (Å²) in [5.41, 5.74) is 0.596. The number of anilines is 1. The van der Waals surface area contributed by atoms with Crippen LogP contribution in [0.1, 0.15) is 20.7 Å². The Morgan fingerprint density at radius 1 is 1.19 bits per heavy atom. The summed E-state index contributed by atoms with van der Waals surface area (Å²) in [6.45, 7) is 0. The van der Waals surface area contributed by atoms with Crippen molar-refractivity contribution in [3.05, 3.63) is 58.6 Å². The van der Waals surface area contributed by atoms with E-state index in [1.807, 2.05) is 0 Å². The first-order valence-corrected chi connectivity index (χ1v) is 6.38. The second-order valence-corrected chi connectivity index (χ2v) is 4.56. The number of hydrogen-bond acceptors (Lipinski definition) is 3. The van der Waals surface area contributed by atoms with Crippen LogP contribution in [0.2, 0.25) is 5.02 Å². The van der Waals surface area contributed by atoms with Crippen molar-refractivity contribution in [2.75, 3.05) is 12.4 Å². The van der Waals surface area contributed by atoms with Crippen LogP contribution < -0.4 is 10.1 Å². The van der Waals surface area contributed by atoms with Crippen LogP contribution in [0, 0.1) is 0 Å². The number of hydrogen-bond donors (Lipinski definition) is 2. The molecule has 21 heavy (non-hydrogen) atoms. The minimum absolute atomic E-state index is 0.0368. The van der Waals surface area contributed by atoms with Crippen molar-refractivity contribution in [1.82, 2.24) is 0 Å². The van der Waals surface area contributed by atoms with Gasteiger partial charge in [-0.15, -0.1) is 0 Å². The van der Waals surface area contributed by atoms with Gasteiger partial charge in [0.15, 0.2) is 0 Å². The highest BCUT2D eigenvalue weighted by molar-refractivity contribution is 6.34. The van der Waals surface area contributed by atoms with E-state index in [-0.39, 0.29) is 16.3 Å². The Kier molecular flexibility index (Phi) is 4.45. The molecule has 0 saturated carbocycles. The van der Waals surface area contributed by atoms with Gasteiger partial charge >= 0.3 is 5.97 Å². The molecule has 0 heterocycles. The summed E-state index contributed by atoms with van der Waals surface area (Å²) in [4.78, 5) is 23.2. The second-order valence-electron chi connectivity index (χ2n) is 4.15. The largest absolute Gasteiger partial charge is 0.496 e. The smallest absolute Gasteiger partial charge is 0.335 e. The molecule has 5 nitrogen and oxygen atoms in total. The van der Waals surface area contributed by atoms with Gasteiger partial charge in [0.2, 0.25) is 0 Å². The van der Waals surface area contributed by atoms with E-state index in [1.165, 1.54) is 25.3 Å². The van der Waals surface area contributed by atoms with Crippen molar-refractivity contribution in [3.8, 4) is 5.75 Å². The lowest BCUT2D eigenvalue weighted by Crippen LogP contribution is -2.14. The SMILES string of the molecule is COc1ccccc1C(=O)Nc1cc(C(=O)O)ccc1Cl. The first-order chi connectivity index (χ1) is 10.0. The van der Waals surface area contributed by atoms with E-state index >= 15 is 0 Å². The number of para-hydroxylation sites is 1. The van der Waals surface area contributed by atoms with Gasteiger partial charge < -0.3 is 15.2 Å². The summed E-state index contributed by atoms with van der Waals surface area (Å²) >= 11 is 5.97. The molecule has 2 rings (SSSR count). The molecule has 0 bridgehead atoms. The quantitative estimate of drug-likeness (QED) is 0.908. The predicted molar refractivity (Wildman–Crippen MR) is 79.4 cm³/mol. The first kappa shape index (κ1) is 14.9. The summed E-state index contributed by atoms with van der Waals surface area (Å²) in [5.74, 6) is -1.11. The van der Waals surface area contributed by atoms with Crippen LogP contribution in [-0.4, -0.2) is 24.1 Å². The zero-order valence-corrected chi connectivity index (χ0v) is 11.8. The third-order valence-electron chi connectivity index (χ3n) is 2.81. The fourth-order valence-electron chi connectivity index (χ4n) is 1.78. The number of nitrogens with one attached hydrogen (secondary N) is 1. The van der Waals surface area contributed by atoms with Crippen LogP contribution in [0.5, 0.6) is 5.75 Å². The van der Waals surface area contributed by atoms with Crippen molar-refractivity contribution in [3.63, 3.8) is 0 Å². The van der Waals surface area contributed by atoms with E-state index in [1.54, 1.807) is 24.3 Å².